The molecule has 0 saturated heterocycles. The Morgan fingerprint density at radius 3 is 2.50 bits per heavy atom. The number of amidine groups is 1. The number of carboxylic acids is 1. The number of oxime groups is 1. The molecule has 1 aromatic heterocycles. The van der Waals surface area contributed by atoms with Gasteiger partial charge in [-0.2, -0.15) is 0 Å². The molecular formula is C26H29N5O5. The van der Waals surface area contributed by atoms with Crippen molar-refractivity contribution in [2.45, 2.75) is 32.2 Å². The van der Waals surface area contributed by atoms with Crippen LogP contribution in [0.3, 0.4) is 0 Å². The van der Waals surface area contributed by atoms with Gasteiger partial charge in [-0.05, 0) is 78.8 Å². The van der Waals surface area contributed by atoms with Gasteiger partial charge in [0.2, 0.25) is 0 Å². The van der Waals surface area contributed by atoms with Crippen molar-refractivity contribution in [2.24, 2.45) is 16.8 Å². The van der Waals surface area contributed by atoms with E-state index in [1.807, 2.05) is 6.92 Å². The minimum Gasteiger partial charge on any atom is -0.499 e. The number of amides is 1. The first-order valence-electron chi connectivity index (χ1n) is 11.7. The Bertz CT molecular complexity index is 1260. The predicted molar refractivity (Wildman–Crippen MR) is 135 cm³/mol. The number of aromatic nitrogens is 1. The van der Waals surface area contributed by atoms with Gasteiger partial charge >= 0.3 is 5.97 Å². The van der Waals surface area contributed by atoms with Gasteiger partial charge in [-0.25, -0.2) is 9.78 Å². The fourth-order valence-corrected chi connectivity index (χ4v) is 4.20. The third-order valence-corrected chi connectivity index (χ3v) is 6.35. The molecule has 2 aliphatic rings. The molecule has 4 rings (SSSR count). The number of hydrogen-bond donors (Lipinski definition) is 5. The van der Waals surface area contributed by atoms with E-state index in [2.05, 4.69) is 20.8 Å². The van der Waals surface area contributed by atoms with E-state index in [9.17, 15) is 14.7 Å². The van der Waals surface area contributed by atoms with E-state index >= 15 is 0 Å². The highest BCUT2D eigenvalue weighted by molar-refractivity contribution is 5.99. The van der Waals surface area contributed by atoms with Gasteiger partial charge in [0.1, 0.15) is 17.5 Å². The molecule has 2 aliphatic carbocycles. The van der Waals surface area contributed by atoms with Crippen molar-refractivity contribution in [3.63, 3.8) is 0 Å². The van der Waals surface area contributed by atoms with Gasteiger partial charge in [0, 0.05) is 23.4 Å². The number of carbonyl (C=O) groups excluding carboxylic acids is 1. The van der Waals surface area contributed by atoms with E-state index in [0.29, 0.717) is 41.3 Å². The molecule has 1 atom stereocenters. The molecule has 0 radical (unpaired) electrons. The average Bonchev–Trinajstić information content (AvgIpc) is 3.67. The van der Waals surface area contributed by atoms with Gasteiger partial charge in [0.15, 0.2) is 11.5 Å². The zero-order valence-corrected chi connectivity index (χ0v) is 20.1. The molecule has 10 heteroatoms. The van der Waals surface area contributed by atoms with Crippen molar-refractivity contribution in [2.75, 3.05) is 19.0 Å². The number of rotatable bonds is 10. The van der Waals surface area contributed by atoms with E-state index in [1.54, 1.807) is 49.6 Å². The first kappa shape index (κ1) is 24.8. The monoisotopic (exact) mass is 491 g/mol. The summed E-state index contributed by atoms with van der Waals surface area (Å²) in [5.41, 5.74) is 8.89. The normalized spacial score (nSPS) is 17.6. The summed E-state index contributed by atoms with van der Waals surface area (Å²) in [7, 11) is 1.56. The number of nitrogens with zero attached hydrogens (tertiary/aromatic N) is 2. The fourth-order valence-electron chi connectivity index (χ4n) is 4.20. The van der Waals surface area contributed by atoms with Crippen molar-refractivity contribution in [3.05, 3.63) is 76.3 Å². The first-order chi connectivity index (χ1) is 17.4. The number of carboxylic acid groups (broad SMARTS) is 1. The lowest BCUT2D eigenvalue weighted by molar-refractivity contribution is 0.0690. The number of nitrogens with one attached hydrogen (secondary N) is 2. The number of pyridine rings is 1. The SMILES string of the molecule is CCC1=C(c2ccc(C(=O)NCC3CC3)nc2C(=O)O)C=C(OC)C1Nc1ccc(/C(N)=N\O)cc1. The molecule has 0 aliphatic heterocycles. The molecule has 1 heterocycles. The predicted octanol–water partition coefficient (Wildman–Crippen LogP) is 3.20. The van der Waals surface area contributed by atoms with Gasteiger partial charge in [-0.15, -0.1) is 0 Å². The van der Waals surface area contributed by atoms with Crippen molar-refractivity contribution in [1.29, 1.82) is 0 Å². The van der Waals surface area contributed by atoms with Gasteiger partial charge in [0.25, 0.3) is 5.91 Å². The minimum atomic E-state index is -1.22. The maximum absolute atomic E-state index is 12.5. The Labute approximate surface area is 208 Å². The van der Waals surface area contributed by atoms with Crippen LogP contribution in [0.15, 0.2) is 59.0 Å². The van der Waals surface area contributed by atoms with Crippen LogP contribution in [0.25, 0.3) is 5.57 Å². The Balaban J connectivity index is 1.65. The molecular weight excluding hydrogens is 462 g/mol. The van der Waals surface area contributed by atoms with Crippen LogP contribution < -0.4 is 16.4 Å². The van der Waals surface area contributed by atoms with Crippen molar-refractivity contribution in [1.82, 2.24) is 10.3 Å². The molecule has 1 amide bonds. The van der Waals surface area contributed by atoms with E-state index in [0.717, 1.165) is 24.1 Å². The standard InChI is InChI=1S/C26H29N5O5/c1-3-17-19(12-21(36-2)22(17)29-16-8-6-15(7-9-16)24(27)31-35)18-10-11-20(30-23(18)26(33)34)25(32)28-13-14-4-5-14/h6-12,14,22,29,35H,3-5,13H2,1-2H3,(H2,27,31)(H,28,32)(H,33,34). The van der Waals surface area contributed by atoms with Gasteiger partial charge in [-0.3, -0.25) is 4.79 Å². The van der Waals surface area contributed by atoms with Crippen LogP contribution in [0.1, 0.15) is 58.3 Å². The molecule has 1 saturated carbocycles. The highest BCUT2D eigenvalue weighted by atomic mass is 16.5. The summed E-state index contributed by atoms with van der Waals surface area (Å²) in [6.45, 7) is 2.55. The Hall–Kier alpha value is -4.34. The van der Waals surface area contributed by atoms with E-state index in [1.165, 1.54) is 0 Å². The number of benzene rings is 1. The highest BCUT2D eigenvalue weighted by Crippen LogP contribution is 2.38. The van der Waals surface area contributed by atoms with Crippen molar-refractivity contribution in [3.8, 4) is 0 Å². The summed E-state index contributed by atoms with van der Waals surface area (Å²) < 4.78 is 5.63. The summed E-state index contributed by atoms with van der Waals surface area (Å²) in [5, 5.41) is 28.0. The third kappa shape index (κ3) is 5.17. The van der Waals surface area contributed by atoms with Crippen LogP contribution in [0.4, 0.5) is 5.69 Å². The second-order valence-electron chi connectivity index (χ2n) is 8.73. The number of allylic oxidation sites excluding steroid dienone is 2. The Morgan fingerprint density at radius 1 is 1.19 bits per heavy atom. The maximum atomic E-state index is 12.5. The number of aromatic carboxylic acids is 1. The molecule has 1 fully saturated rings. The molecule has 0 spiro atoms. The lowest BCUT2D eigenvalue weighted by Crippen LogP contribution is -2.27. The molecule has 36 heavy (non-hydrogen) atoms. The maximum Gasteiger partial charge on any atom is 0.355 e. The summed E-state index contributed by atoms with van der Waals surface area (Å²) in [5.74, 6) is -0.469. The van der Waals surface area contributed by atoms with Gasteiger partial charge < -0.3 is 31.4 Å². The van der Waals surface area contributed by atoms with Crippen molar-refractivity contribution >= 4 is 29.0 Å². The van der Waals surface area contributed by atoms with Crippen LogP contribution in [0.5, 0.6) is 0 Å². The quantitative estimate of drug-likeness (QED) is 0.147. The third-order valence-electron chi connectivity index (χ3n) is 6.35. The fraction of sp³-hybridized carbons (Fsp3) is 0.308. The van der Waals surface area contributed by atoms with Gasteiger partial charge in [-0.1, -0.05) is 12.1 Å². The molecule has 1 unspecified atom stereocenters. The summed E-state index contributed by atoms with van der Waals surface area (Å²) in [4.78, 5) is 28.8. The number of ether oxygens (including phenoxy) is 1. The summed E-state index contributed by atoms with van der Waals surface area (Å²) in [6, 6.07) is 9.88. The van der Waals surface area contributed by atoms with Crippen LogP contribution in [0.2, 0.25) is 0 Å². The van der Waals surface area contributed by atoms with E-state index in [4.69, 9.17) is 15.7 Å². The van der Waals surface area contributed by atoms with Crippen LogP contribution in [-0.4, -0.2) is 52.7 Å². The number of carbonyl (C=O) groups is 2. The lowest BCUT2D eigenvalue weighted by atomic mass is 9.96. The summed E-state index contributed by atoms with van der Waals surface area (Å²) in [6.07, 6.45) is 4.61. The summed E-state index contributed by atoms with van der Waals surface area (Å²) >= 11 is 0. The molecule has 6 N–H and O–H groups in total. The van der Waals surface area contributed by atoms with E-state index < -0.39 is 5.97 Å². The second kappa shape index (κ2) is 10.5. The Morgan fingerprint density at radius 2 is 1.92 bits per heavy atom. The molecule has 10 nitrogen and oxygen atoms in total. The average molecular weight is 492 g/mol. The zero-order valence-electron chi connectivity index (χ0n) is 20.1. The molecule has 1 aromatic carbocycles. The zero-order chi connectivity index (χ0) is 25.8. The topological polar surface area (TPSA) is 159 Å². The van der Waals surface area contributed by atoms with E-state index in [-0.39, 0.29) is 29.2 Å². The Kier molecular flexibility index (Phi) is 7.23. The smallest absolute Gasteiger partial charge is 0.355 e. The number of methoxy groups -OCH3 is 1. The molecule has 0 bridgehead atoms. The number of anilines is 1. The molecule has 2 aromatic rings. The van der Waals surface area contributed by atoms with Gasteiger partial charge in [0.05, 0.1) is 7.11 Å². The second-order valence-corrected chi connectivity index (χ2v) is 8.73. The number of nitrogens with two attached hydrogens (primary N) is 1. The van der Waals surface area contributed by atoms with Crippen LogP contribution >= 0.6 is 0 Å². The first-order valence-corrected chi connectivity index (χ1v) is 11.7. The minimum absolute atomic E-state index is 0.00897. The van der Waals surface area contributed by atoms with Crippen LogP contribution in [0, 0.1) is 5.92 Å². The van der Waals surface area contributed by atoms with Crippen molar-refractivity contribution < 1.29 is 24.6 Å². The lowest BCUT2D eigenvalue weighted by Gasteiger charge is -2.21. The van der Waals surface area contributed by atoms with Crippen LogP contribution in [-0.2, 0) is 4.74 Å². The largest absolute Gasteiger partial charge is 0.499 e. The number of hydrogen-bond acceptors (Lipinski definition) is 7. The highest BCUT2D eigenvalue weighted by Gasteiger charge is 2.31. The molecule has 188 valence electrons.